The van der Waals surface area contributed by atoms with Crippen molar-refractivity contribution >= 4 is 28.5 Å². The van der Waals surface area contributed by atoms with Gasteiger partial charge in [0, 0.05) is 19.8 Å². The molecule has 1 rings (SSSR count). The van der Waals surface area contributed by atoms with Crippen molar-refractivity contribution < 1.29 is 4.79 Å². The molecule has 0 aliphatic heterocycles. The van der Waals surface area contributed by atoms with E-state index in [9.17, 15) is 4.79 Å². The molecule has 0 aliphatic carbocycles. The Labute approximate surface area is 111 Å². The number of amides is 1. The molecule has 1 aromatic rings. The molecule has 1 aromatic heterocycles. The summed E-state index contributed by atoms with van der Waals surface area (Å²) in [6.07, 6.45) is 2.05. The van der Waals surface area contributed by atoms with Crippen LogP contribution in [-0.4, -0.2) is 56.2 Å². The smallest absolute Gasteiger partial charge is 0.280 e. The van der Waals surface area contributed by atoms with Gasteiger partial charge in [-0.1, -0.05) is 11.3 Å². The van der Waals surface area contributed by atoms with Crippen molar-refractivity contribution in [1.29, 1.82) is 5.41 Å². The van der Waals surface area contributed by atoms with Crippen LogP contribution in [0, 0.1) is 5.41 Å². The number of anilines is 1. The summed E-state index contributed by atoms with van der Waals surface area (Å²) in [7, 11) is 5.75. The van der Waals surface area contributed by atoms with Crippen molar-refractivity contribution in [1.82, 2.24) is 15.2 Å². The van der Waals surface area contributed by atoms with Gasteiger partial charge < -0.3 is 20.9 Å². The summed E-state index contributed by atoms with van der Waals surface area (Å²) >= 11 is 1.26. The Balaban J connectivity index is 2.51. The quantitative estimate of drug-likeness (QED) is 0.506. The summed E-state index contributed by atoms with van der Waals surface area (Å²) in [5, 5.41) is 14.1. The molecule has 0 unspecified atom stereocenters. The molecular formula is C11H19N5OS. The van der Waals surface area contributed by atoms with Gasteiger partial charge in [-0.15, -0.1) is 0 Å². The average Bonchev–Trinajstić information content (AvgIpc) is 2.77. The van der Waals surface area contributed by atoms with Gasteiger partial charge in [-0.2, -0.15) is 0 Å². The third-order valence-electron chi connectivity index (χ3n) is 2.28. The molecule has 0 aromatic carbocycles. The first-order chi connectivity index (χ1) is 8.58. The standard InChI is InChI=1S/C11H19N5OS/c1-13-10-8(7-12)15-11(18-10)9(17)14-5-4-6-16(2)3/h7,12-13H,4-6H2,1-3H3,(H,14,17). The van der Waals surface area contributed by atoms with Crippen molar-refractivity contribution in [3.8, 4) is 0 Å². The lowest BCUT2D eigenvalue weighted by molar-refractivity contribution is 0.0952. The van der Waals surface area contributed by atoms with E-state index in [1.54, 1.807) is 7.05 Å². The van der Waals surface area contributed by atoms with Gasteiger partial charge in [0.25, 0.3) is 5.91 Å². The van der Waals surface area contributed by atoms with Crippen molar-refractivity contribution in [2.75, 3.05) is 39.5 Å². The van der Waals surface area contributed by atoms with E-state index in [1.165, 1.54) is 11.3 Å². The van der Waals surface area contributed by atoms with Gasteiger partial charge in [-0.3, -0.25) is 4.79 Å². The zero-order valence-corrected chi connectivity index (χ0v) is 11.7. The van der Waals surface area contributed by atoms with Crippen LogP contribution in [0.15, 0.2) is 0 Å². The second-order valence-corrected chi connectivity index (χ2v) is 5.04. The number of hydrogen-bond acceptors (Lipinski definition) is 6. The van der Waals surface area contributed by atoms with Crippen LogP contribution in [0.2, 0.25) is 0 Å². The average molecular weight is 269 g/mol. The molecule has 0 atom stereocenters. The number of aromatic nitrogens is 1. The maximum atomic E-state index is 11.8. The number of hydrogen-bond donors (Lipinski definition) is 3. The number of carbonyl (C=O) groups excluding carboxylic acids is 1. The number of nitrogens with one attached hydrogen (secondary N) is 3. The minimum Gasteiger partial charge on any atom is -0.378 e. The second-order valence-electron chi connectivity index (χ2n) is 4.04. The monoisotopic (exact) mass is 269 g/mol. The molecule has 100 valence electrons. The van der Waals surface area contributed by atoms with Crippen LogP contribution in [-0.2, 0) is 0 Å². The molecule has 0 saturated carbocycles. The Hall–Kier alpha value is -1.47. The molecule has 0 fully saturated rings. The summed E-state index contributed by atoms with van der Waals surface area (Å²) in [4.78, 5) is 18.0. The second kappa shape index (κ2) is 7.07. The molecule has 0 saturated heterocycles. The van der Waals surface area contributed by atoms with Gasteiger partial charge in [0.2, 0.25) is 0 Å². The predicted octanol–water partition coefficient (Wildman–Crippen LogP) is 0.864. The Morgan fingerprint density at radius 3 is 2.78 bits per heavy atom. The largest absolute Gasteiger partial charge is 0.378 e. The van der Waals surface area contributed by atoms with Gasteiger partial charge in [-0.25, -0.2) is 4.98 Å². The van der Waals surface area contributed by atoms with E-state index in [0.29, 0.717) is 17.2 Å². The van der Waals surface area contributed by atoms with E-state index in [-0.39, 0.29) is 5.91 Å². The molecule has 7 heteroatoms. The van der Waals surface area contributed by atoms with Crippen molar-refractivity contribution in [3.63, 3.8) is 0 Å². The number of thiazole rings is 1. The number of carbonyl (C=O) groups is 1. The first-order valence-electron chi connectivity index (χ1n) is 5.70. The summed E-state index contributed by atoms with van der Waals surface area (Å²) < 4.78 is 0. The third-order valence-corrected chi connectivity index (χ3v) is 3.37. The van der Waals surface area contributed by atoms with E-state index in [2.05, 4.69) is 20.5 Å². The lowest BCUT2D eigenvalue weighted by atomic mass is 10.4. The fraction of sp³-hybridized carbons (Fsp3) is 0.545. The summed E-state index contributed by atoms with van der Waals surface area (Å²) in [5.74, 6) is -0.177. The Morgan fingerprint density at radius 2 is 2.28 bits per heavy atom. The summed E-state index contributed by atoms with van der Waals surface area (Å²) in [5.41, 5.74) is 0.501. The van der Waals surface area contributed by atoms with E-state index in [1.807, 2.05) is 14.1 Å². The zero-order valence-electron chi connectivity index (χ0n) is 10.9. The molecular weight excluding hydrogens is 250 g/mol. The zero-order chi connectivity index (χ0) is 13.5. The molecule has 0 bridgehead atoms. The van der Waals surface area contributed by atoms with Crippen LogP contribution >= 0.6 is 11.3 Å². The molecule has 0 aliphatic rings. The minimum atomic E-state index is -0.177. The molecule has 18 heavy (non-hydrogen) atoms. The first kappa shape index (κ1) is 14.6. The first-order valence-corrected chi connectivity index (χ1v) is 6.52. The lowest BCUT2D eigenvalue weighted by Crippen LogP contribution is -2.27. The Morgan fingerprint density at radius 1 is 1.56 bits per heavy atom. The van der Waals surface area contributed by atoms with Gasteiger partial charge >= 0.3 is 0 Å². The van der Waals surface area contributed by atoms with Gasteiger partial charge in [0.15, 0.2) is 5.01 Å². The summed E-state index contributed by atoms with van der Waals surface area (Å²) in [6, 6.07) is 0. The highest BCUT2D eigenvalue weighted by Crippen LogP contribution is 2.22. The minimum absolute atomic E-state index is 0.177. The molecule has 6 nitrogen and oxygen atoms in total. The van der Waals surface area contributed by atoms with Crippen LogP contribution < -0.4 is 10.6 Å². The van der Waals surface area contributed by atoms with Gasteiger partial charge in [0.05, 0.1) is 0 Å². The fourth-order valence-electron chi connectivity index (χ4n) is 1.38. The van der Waals surface area contributed by atoms with E-state index >= 15 is 0 Å². The highest BCUT2D eigenvalue weighted by molar-refractivity contribution is 7.17. The van der Waals surface area contributed by atoms with Crippen LogP contribution in [0.1, 0.15) is 21.9 Å². The maximum Gasteiger partial charge on any atom is 0.280 e. The number of rotatable bonds is 7. The van der Waals surface area contributed by atoms with Gasteiger partial charge in [0.1, 0.15) is 10.7 Å². The summed E-state index contributed by atoms with van der Waals surface area (Å²) in [6.45, 7) is 1.57. The SMILES string of the molecule is CNc1sc(C(=O)NCCCN(C)C)nc1C=N. The van der Waals surface area contributed by atoms with Crippen molar-refractivity contribution in [2.24, 2.45) is 0 Å². The highest BCUT2D eigenvalue weighted by Gasteiger charge is 2.14. The third kappa shape index (κ3) is 4.08. The maximum absolute atomic E-state index is 11.8. The molecule has 1 heterocycles. The van der Waals surface area contributed by atoms with Crippen molar-refractivity contribution in [3.05, 3.63) is 10.7 Å². The van der Waals surface area contributed by atoms with E-state index in [0.717, 1.165) is 24.2 Å². The van der Waals surface area contributed by atoms with Crippen LogP contribution in [0.4, 0.5) is 5.00 Å². The van der Waals surface area contributed by atoms with Gasteiger partial charge in [-0.05, 0) is 27.1 Å². The molecule has 1 amide bonds. The lowest BCUT2D eigenvalue weighted by Gasteiger charge is -2.08. The number of nitrogens with zero attached hydrogens (tertiary/aromatic N) is 2. The fourth-order valence-corrected chi connectivity index (χ4v) is 2.19. The van der Waals surface area contributed by atoms with Crippen molar-refractivity contribution in [2.45, 2.75) is 6.42 Å². The molecule has 0 radical (unpaired) electrons. The normalized spacial score (nSPS) is 10.4. The Bertz CT molecular complexity index is 416. The van der Waals surface area contributed by atoms with E-state index in [4.69, 9.17) is 5.41 Å². The predicted molar refractivity (Wildman–Crippen MR) is 75.1 cm³/mol. The van der Waals surface area contributed by atoms with E-state index < -0.39 is 0 Å². The van der Waals surface area contributed by atoms with Crippen LogP contribution in [0.25, 0.3) is 0 Å². The van der Waals surface area contributed by atoms with Crippen LogP contribution in [0.5, 0.6) is 0 Å². The Kier molecular flexibility index (Phi) is 5.73. The molecule has 0 spiro atoms. The highest BCUT2D eigenvalue weighted by atomic mass is 32.1. The van der Waals surface area contributed by atoms with Crippen LogP contribution in [0.3, 0.4) is 0 Å². The topological polar surface area (TPSA) is 81.1 Å². The molecule has 3 N–H and O–H groups in total.